The average Bonchev–Trinajstić information content (AvgIpc) is 2.75. The van der Waals surface area contributed by atoms with Gasteiger partial charge in [0.05, 0.1) is 11.1 Å². The van der Waals surface area contributed by atoms with Gasteiger partial charge in [0.15, 0.2) is 0 Å². The maximum Gasteiger partial charge on any atom is 0.275 e. The van der Waals surface area contributed by atoms with Gasteiger partial charge in [-0.05, 0) is 36.0 Å². The number of aromatic nitrogens is 3. The van der Waals surface area contributed by atoms with Gasteiger partial charge in [-0.2, -0.15) is 5.10 Å². The van der Waals surface area contributed by atoms with Gasteiger partial charge < -0.3 is 5.32 Å². The molecular formula is C24H28N4O2. The van der Waals surface area contributed by atoms with Crippen molar-refractivity contribution >= 4 is 16.7 Å². The quantitative estimate of drug-likeness (QED) is 0.708. The molecule has 1 N–H and O–H groups in total. The second-order valence-corrected chi connectivity index (χ2v) is 8.43. The molecule has 0 spiro atoms. The smallest absolute Gasteiger partial charge is 0.275 e. The molecular weight excluding hydrogens is 376 g/mol. The molecule has 3 unspecified atom stereocenters. The van der Waals surface area contributed by atoms with E-state index < -0.39 is 0 Å². The largest absolute Gasteiger partial charge is 0.351 e. The average molecular weight is 405 g/mol. The van der Waals surface area contributed by atoms with Crippen molar-refractivity contribution in [3.8, 4) is 0 Å². The maximum absolute atomic E-state index is 13.0. The number of amides is 1. The van der Waals surface area contributed by atoms with Crippen molar-refractivity contribution in [2.75, 3.05) is 0 Å². The molecule has 1 saturated carbocycles. The molecule has 0 saturated heterocycles. The normalized spacial score (nSPS) is 21.5. The van der Waals surface area contributed by atoms with Crippen LogP contribution in [0.25, 0.3) is 10.8 Å². The lowest BCUT2D eigenvalue weighted by molar-refractivity contribution is -0.123. The Balaban J connectivity index is 1.61. The summed E-state index contributed by atoms with van der Waals surface area (Å²) in [5.74, 6) is 0.875. The van der Waals surface area contributed by atoms with E-state index in [0.29, 0.717) is 23.6 Å². The van der Waals surface area contributed by atoms with Crippen LogP contribution in [0.2, 0.25) is 0 Å². The second kappa shape index (κ2) is 8.78. The van der Waals surface area contributed by atoms with Gasteiger partial charge in [0.1, 0.15) is 6.54 Å². The van der Waals surface area contributed by atoms with Gasteiger partial charge in [-0.25, -0.2) is 4.68 Å². The summed E-state index contributed by atoms with van der Waals surface area (Å²) < 4.78 is 1.31. The number of fused-ring (bicyclic) bond motifs is 1. The Bertz CT molecular complexity index is 1090. The lowest BCUT2D eigenvalue weighted by Crippen LogP contribution is -2.45. The molecule has 0 bridgehead atoms. The highest BCUT2D eigenvalue weighted by Crippen LogP contribution is 2.29. The third-order valence-electron chi connectivity index (χ3n) is 6.39. The van der Waals surface area contributed by atoms with Gasteiger partial charge in [-0.15, -0.1) is 0 Å². The van der Waals surface area contributed by atoms with Gasteiger partial charge in [-0.3, -0.25) is 14.6 Å². The van der Waals surface area contributed by atoms with Crippen molar-refractivity contribution in [3.05, 3.63) is 70.4 Å². The lowest BCUT2D eigenvalue weighted by atomic mass is 9.78. The number of hydrogen-bond acceptors (Lipinski definition) is 4. The van der Waals surface area contributed by atoms with E-state index in [1.165, 1.54) is 11.1 Å². The van der Waals surface area contributed by atoms with Crippen LogP contribution in [0.4, 0.5) is 0 Å². The van der Waals surface area contributed by atoms with Gasteiger partial charge in [-0.1, -0.05) is 51.0 Å². The molecule has 6 nitrogen and oxygen atoms in total. The van der Waals surface area contributed by atoms with Crippen molar-refractivity contribution in [2.24, 2.45) is 11.8 Å². The minimum absolute atomic E-state index is 0.0681. The molecule has 1 aliphatic carbocycles. The van der Waals surface area contributed by atoms with E-state index in [9.17, 15) is 9.59 Å². The number of pyridine rings is 1. The van der Waals surface area contributed by atoms with Crippen LogP contribution in [-0.2, 0) is 17.8 Å². The van der Waals surface area contributed by atoms with E-state index in [-0.39, 0.29) is 24.1 Å². The van der Waals surface area contributed by atoms with Crippen LogP contribution in [0.3, 0.4) is 0 Å². The fourth-order valence-electron chi connectivity index (χ4n) is 4.41. The summed E-state index contributed by atoms with van der Waals surface area (Å²) in [5, 5.41) is 9.12. The maximum atomic E-state index is 13.0. The standard InChI is InChI=1S/C24H28N4O2/c1-16-7-5-11-21(17(16)2)26-23(29)15-28-24(30)20-10-4-3-9-19(20)22(27-28)13-18-8-6-12-25-14-18/h3-4,6,8-10,12,14,16-17,21H,5,7,11,13,15H2,1-2H3,(H,26,29). The Morgan fingerprint density at radius 1 is 1.13 bits per heavy atom. The summed E-state index contributed by atoms with van der Waals surface area (Å²) in [6.45, 7) is 4.37. The van der Waals surface area contributed by atoms with Crippen LogP contribution < -0.4 is 10.9 Å². The van der Waals surface area contributed by atoms with E-state index >= 15 is 0 Å². The summed E-state index contributed by atoms with van der Waals surface area (Å²) in [4.78, 5) is 29.9. The fraction of sp³-hybridized carbons (Fsp3) is 0.417. The van der Waals surface area contributed by atoms with Crippen molar-refractivity contribution < 1.29 is 4.79 Å². The molecule has 3 aromatic rings. The first kappa shape index (κ1) is 20.3. The SMILES string of the molecule is CC1CCCC(NC(=O)Cn2nc(Cc3cccnc3)c3ccccc3c2=O)C1C. The number of benzene rings is 1. The molecule has 1 fully saturated rings. The Labute approximate surface area is 176 Å². The first-order valence-electron chi connectivity index (χ1n) is 10.7. The van der Waals surface area contributed by atoms with Gasteiger partial charge in [0, 0.05) is 30.2 Å². The Kier molecular flexibility index (Phi) is 5.93. The molecule has 156 valence electrons. The number of hydrogen-bond donors (Lipinski definition) is 1. The van der Waals surface area contributed by atoms with Gasteiger partial charge >= 0.3 is 0 Å². The van der Waals surface area contributed by atoms with Crippen molar-refractivity contribution in [1.29, 1.82) is 0 Å². The molecule has 3 atom stereocenters. The Morgan fingerprint density at radius 2 is 1.93 bits per heavy atom. The predicted octanol–water partition coefficient (Wildman–Crippen LogP) is 3.32. The highest BCUT2D eigenvalue weighted by Gasteiger charge is 2.28. The molecule has 0 radical (unpaired) electrons. The first-order chi connectivity index (χ1) is 14.5. The number of carbonyl (C=O) groups is 1. The van der Waals surface area contributed by atoms with Gasteiger partial charge in [0.2, 0.25) is 5.91 Å². The molecule has 1 aromatic carbocycles. The second-order valence-electron chi connectivity index (χ2n) is 8.43. The molecule has 1 amide bonds. The third kappa shape index (κ3) is 4.27. The topological polar surface area (TPSA) is 76.9 Å². The summed E-state index contributed by atoms with van der Waals surface area (Å²) in [6, 6.07) is 11.5. The minimum atomic E-state index is -0.235. The zero-order valence-electron chi connectivity index (χ0n) is 17.5. The highest BCUT2D eigenvalue weighted by atomic mass is 16.2. The minimum Gasteiger partial charge on any atom is -0.351 e. The Morgan fingerprint density at radius 3 is 2.70 bits per heavy atom. The molecule has 1 aliphatic rings. The Hall–Kier alpha value is -3.02. The van der Waals surface area contributed by atoms with E-state index in [1.54, 1.807) is 18.5 Å². The van der Waals surface area contributed by atoms with E-state index in [4.69, 9.17) is 0 Å². The van der Waals surface area contributed by atoms with Gasteiger partial charge in [0.25, 0.3) is 5.56 Å². The number of nitrogens with one attached hydrogen (secondary N) is 1. The first-order valence-corrected chi connectivity index (χ1v) is 10.7. The van der Waals surface area contributed by atoms with Crippen LogP contribution in [0.5, 0.6) is 0 Å². The molecule has 2 heterocycles. The van der Waals surface area contributed by atoms with Crippen LogP contribution in [0.1, 0.15) is 44.4 Å². The van der Waals surface area contributed by atoms with Crippen molar-refractivity contribution in [3.63, 3.8) is 0 Å². The van der Waals surface area contributed by atoms with Crippen LogP contribution in [0.15, 0.2) is 53.6 Å². The fourth-order valence-corrected chi connectivity index (χ4v) is 4.41. The molecule has 4 rings (SSSR count). The summed E-state index contributed by atoms with van der Waals surface area (Å²) >= 11 is 0. The van der Waals surface area contributed by atoms with E-state index in [2.05, 4.69) is 29.2 Å². The van der Waals surface area contributed by atoms with E-state index in [0.717, 1.165) is 29.5 Å². The summed E-state index contributed by atoms with van der Waals surface area (Å²) in [7, 11) is 0. The molecule has 0 aliphatic heterocycles. The number of nitrogens with zero attached hydrogens (tertiary/aromatic N) is 3. The molecule has 30 heavy (non-hydrogen) atoms. The van der Waals surface area contributed by atoms with E-state index in [1.807, 2.05) is 30.3 Å². The highest BCUT2D eigenvalue weighted by molar-refractivity contribution is 5.84. The van der Waals surface area contributed by atoms with Crippen LogP contribution in [-0.4, -0.2) is 26.7 Å². The number of carbonyl (C=O) groups excluding carboxylic acids is 1. The zero-order valence-corrected chi connectivity index (χ0v) is 17.5. The van der Waals surface area contributed by atoms with Crippen molar-refractivity contribution in [2.45, 2.75) is 52.1 Å². The monoisotopic (exact) mass is 404 g/mol. The third-order valence-corrected chi connectivity index (χ3v) is 6.39. The predicted molar refractivity (Wildman–Crippen MR) is 117 cm³/mol. The molecule has 6 heteroatoms. The zero-order chi connectivity index (χ0) is 21.1. The summed E-state index contributed by atoms with van der Waals surface area (Å²) in [6.07, 6.45) is 7.39. The summed E-state index contributed by atoms with van der Waals surface area (Å²) in [5.41, 5.74) is 1.54. The number of rotatable bonds is 5. The lowest BCUT2D eigenvalue weighted by Gasteiger charge is -2.34. The molecule has 2 aromatic heterocycles. The van der Waals surface area contributed by atoms with Crippen molar-refractivity contribution in [1.82, 2.24) is 20.1 Å². The van der Waals surface area contributed by atoms with Crippen LogP contribution in [0, 0.1) is 11.8 Å². The van der Waals surface area contributed by atoms with Crippen LogP contribution >= 0.6 is 0 Å².